The third-order valence-electron chi connectivity index (χ3n) is 2.75. The van der Waals surface area contributed by atoms with Crippen molar-refractivity contribution >= 4 is 11.8 Å². The summed E-state index contributed by atoms with van der Waals surface area (Å²) in [5, 5.41) is 0. The molecule has 0 aromatic heterocycles. The van der Waals surface area contributed by atoms with E-state index in [-0.39, 0.29) is 5.41 Å². The van der Waals surface area contributed by atoms with Gasteiger partial charge in [0.25, 0.3) is 0 Å². The molecule has 96 valence electrons. The van der Waals surface area contributed by atoms with E-state index >= 15 is 0 Å². The van der Waals surface area contributed by atoms with E-state index in [0.29, 0.717) is 4.75 Å². The van der Waals surface area contributed by atoms with Gasteiger partial charge in [-0.15, -0.1) is 0 Å². The van der Waals surface area contributed by atoms with Crippen LogP contribution in [-0.2, 0) is 11.8 Å². The third kappa shape index (κ3) is 5.63. The van der Waals surface area contributed by atoms with Crippen LogP contribution >= 0.6 is 11.8 Å². The number of thioether (sulfide) groups is 1. The summed E-state index contributed by atoms with van der Waals surface area (Å²) >= 11 is 2.04. The second-order valence-corrected chi connectivity index (χ2v) is 8.58. The van der Waals surface area contributed by atoms with Crippen LogP contribution in [0.1, 0.15) is 52.7 Å². The fourth-order valence-electron chi connectivity index (χ4n) is 1.65. The summed E-state index contributed by atoms with van der Waals surface area (Å²) in [6, 6.07) is 9.11. The molecular weight excluding hydrogens is 224 g/mol. The highest BCUT2D eigenvalue weighted by atomic mass is 32.2. The van der Waals surface area contributed by atoms with Crippen molar-refractivity contribution in [2.45, 2.75) is 58.1 Å². The summed E-state index contributed by atoms with van der Waals surface area (Å²) in [6.45, 7) is 13.6. The van der Waals surface area contributed by atoms with Crippen molar-refractivity contribution in [2.75, 3.05) is 5.75 Å². The lowest BCUT2D eigenvalue weighted by Gasteiger charge is -2.20. The maximum atomic E-state index is 2.28. The van der Waals surface area contributed by atoms with E-state index in [4.69, 9.17) is 0 Å². The largest absolute Gasteiger partial charge is 0.156 e. The van der Waals surface area contributed by atoms with Gasteiger partial charge in [-0.2, -0.15) is 11.8 Å². The van der Waals surface area contributed by atoms with Gasteiger partial charge in [-0.1, -0.05) is 65.8 Å². The monoisotopic (exact) mass is 250 g/mol. The number of aryl methyl sites for hydroxylation is 1. The summed E-state index contributed by atoms with van der Waals surface area (Å²) < 4.78 is 0.380. The average Bonchev–Trinajstić information content (AvgIpc) is 2.15. The van der Waals surface area contributed by atoms with Crippen LogP contribution in [0.3, 0.4) is 0 Å². The lowest BCUT2D eigenvalue weighted by molar-refractivity contribution is 0.590. The van der Waals surface area contributed by atoms with Gasteiger partial charge in [-0.3, -0.25) is 0 Å². The van der Waals surface area contributed by atoms with Gasteiger partial charge in [0.05, 0.1) is 0 Å². The maximum Gasteiger partial charge on any atom is 0.00752 e. The van der Waals surface area contributed by atoms with Crippen LogP contribution in [-0.4, -0.2) is 10.5 Å². The minimum Gasteiger partial charge on any atom is -0.156 e. The van der Waals surface area contributed by atoms with E-state index in [1.807, 2.05) is 11.8 Å². The number of benzene rings is 1. The first-order valence-corrected chi connectivity index (χ1v) is 7.40. The van der Waals surface area contributed by atoms with Crippen molar-refractivity contribution in [3.8, 4) is 0 Å². The van der Waals surface area contributed by atoms with Crippen molar-refractivity contribution < 1.29 is 0 Å². The molecule has 1 heteroatoms. The van der Waals surface area contributed by atoms with Gasteiger partial charge in [0, 0.05) is 4.75 Å². The Labute approximate surface area is 111 Å². The summed E-state index contributed by atoms with van der Waals surface area (Å²) in [7, 11) is 0. The van der Waals surface area contributed by atoms with Crippen LogP contribution in [0, 0.1) is 0 Å². The van der Waals surface area contributed by atoms with Gasteiger partial charge < -0.3 is 0 Å². The van der Waals surface area contributed by atoms with Crippen LogP contribution in [0.5, 0.6) is 0 Å². The van der Waals surface area contributed by atoms with Crippen LogP contribution in [0.25, 0.3) is 0 Å². The molecule has 0 fully saturated rings. The van der Waals surface area contributed by atoms with Gasteiger partial charge in [-0.05, 0) is 28.7 Å². The molecule has 0 saturated heterocycles. The molecule has 0 unspecified atom stereocenters. The van der Waals surface area contributed by atoms with Crippen LogP contribution in [0.4, 0.5) is 0 Å². The Hall–Kier alpha value is -0.430. The highest BCUT2D eigenvalue weighted by molar-refractivity contribution is 8.00. The zero-order chi connectivity index (χ0) is 13.1. The Kier molecular flexibility index (Phi) is 4.71. The molecule has 0 aliphatic rings. The second-order valence-electron chi connectivity index (χ2n) is 6.66. The molecule has 1 aromatic rings. The molecule has 0 atom stereocenters. The molecule has 0 nitrogen and oxygen atoms in total. The van der Waals surface area contributed by atoms with Gasteiger partial charge >= 0.3 is 0 Å². The van der Waals surface area contributed by atoms with Crippen LogP contribution in [0.2, 0.25) is 0 Å². The molecule has 0 aliphatic carbocycles. The predicted octanol–water partition coefficient (Wildman–Crippen LogP) is 5.06. The van der Waals surface area contributed by atoms with Crippen molar-refractivity contribution in [1.82, 2.24) is 0 Å². The fourth-order valence-corrected chi connectivity index (χ4v) is 2.60. The second kappa shape index (κ2) is 5.48. The van der Waals surface area contributed by atoms with Gasteiger partial charge in [0.15, 0.2) is 0 Å². The molecule has 0 heterocycles. The van der Waals surface area contributed by atoms with Crippen molar-refractivity contribution in [3.05, 3.63) is 35.4 Å². The third-order valence-corrected chi connectivity index (χ3v) is 4.02. The van der Waals surface area contributed by atoms with Crippen molar-refractivity contribution in [1.29, 1.82) is 0 Å². The van der Waals surface area contributed by atoms with E-state index in [9.17, 15) is 0 Å². The standard InChI is InChI=1S/C16H26S/c1-15(2,3)14-9-7-13(8-10-14)11-12-17-16(4,5)6/h7-10H,11-12H2,1-6H3. The molecule has 0 radical (unpaired) electrons. The highest BCUT2D eigenvalue weighted by Gasteiger charge is 2.13. The number of hydrogen-bond acceptors (Lipinski definition) is 1. The molecule has 0 spiro atoms. The first-order valence-electron chi connectivity index (χ1n) is 6.42. The quantitative estimate of drug-likeness (QED) is 0.722. The molecule has 0 bridgehead atoms. The van der Waals surface area contributed by atoms with E-state index in [1.165, 1.54) is 23.3 Å². The smallest absolute Gasteiger partial charge is 0.00752 e. The molecule has 1 aromatic carbocycles. The summed E-state index contributed by atoms with van der Waals surface area (Å²) in [5.41, 5.74) is 3.14. The minimum absolute atomic E-state index is 0.263. The zero-order valence-corrected chi connectivity index (χ0v) is 12.9. The molecule has 0 amide bonds. The Balaban J connectivity index is 2.52. The highest BCUT2D eigenvalue weighted by Crippen LogP contribution is 2.25. The summed E-state index contributed by atoms with van der Waals surface area (Å²) in [5.74, 6) is 1.21. The van der Waals surface area contributed by atoms with Crippen molar-refractivity contribution in [3.63, 3.8) is 0 Å². The number of hydrogen-bond donors (Lipinski definition) is 0. The first kappa shape index (κ1) is 14.6. The van der Waals surface area contributed by atoms with Gasteiger partial charge in [-0.25, -0.2) is 0 Å². The van der Waals surface area contributed by atoms with Crippen LogP contribution in [0.15, 0.2) is 24.3 Å². The molecule has 0 aliphatic heterocycles. The number of rotatable bonds is 3. The van der Waals surface area contributed by atoms with E-state index < -0.39 is 0 Å². The molecular formula is C16H26S. The Morgan fingerprint density at radius 1 is 0.882 bits per heavy atom. The molecule has 0 N–H and O–H groups in total. The van der Waals surface area contributed by atoms with Crippen molar-refractivity contribution in [2.24, 2.45) is 0 Å². The van der Waals surface area contributed by atoms with E-state index in [2.05, 4.69) is 65.8 Å². The summed E-state index contributed by atoms with van der Waals surface area (Å²) in [4.78, 5) is 0. The molecule has 1 rings (SSSR count). The topological polar surface area (TPSA) is 0 Å². The van der Waals surface area contributed by atoms with Crippen LogP contribution < -0.4 is 0 Å². The SMILES string of the molecule is CC(C)(C)SCCc1ccc(C(C)(C)C)cc1. The minimum atomic E-state index is 0.263. The van der Waals surface area contributed by atoms with E-state index in [1.54, 1.807) is 0 Å². The normalized spacial score (nSPS) is 12.8. The fraction of sp³-hybridized carbons (Fsp3) is 0.625. The molecule has 0 saturated carbocycles. The Morgan fingerprint density at radius 3 is 1.82 bits per heavy atom. The summed E-state index contributed by atoms with van der Waals surface area (Å²) in [6.07, 6.45) is 1.17. The Bertz CT molecular complexity index is 335. The average molecular weight is 250 g/mol. The zero-order valence-electron chi connectivity index (χ0n) is 12.1. The van der Waals surface area contributed by atoms with E-state index in [0.717, 1.165) is 0 Å². The maximum absolute atomic E-state index is 2.28. The molecule has 17 heavy (non-hydrogen) atoms. The van der Waals surface area contributed by atoms with Gasteiger partial charge in [0.2, 0.25) is 0 Å². The lowest BCUT2D eigenvalue weighted by atomic mass is 9.86. The predicted molar refractivity (Wildman–Crippen MR) is 81.1 cm³/mol. The first-order chi connectivity index (χ1) is 7.68. The van der Waals surface area contributed by atoms with Gasteiger partial charge in [0.1, 0.15) is 0 Å². The Morgan fingerprint density at radius 2 is 1.41 bits per heavy atom. The lowest BCUT2D eigenvalue weighted by Crippen LogP contribution is -2.11.